The zero-order valence-electron chi connectivity index (χ0n) is 9.16. The monoisotopic (exact) mass is 251 g/mol. The second-order valence-electron chi connectivity index (χ2n) is 3.57. The minimum absolute atomic E-state index is 0.842. The van der Waals surface area contributed by atoms with Gasteiger partial charge in [0, 0.05) is 17.1 Å². The van der Waals surface area contributed by atoms with Crippen molar-refractivity contribution >= 4 is 28.6 Å². The molecule has 84 valence electrons. The average molecular weight is 252 g/mol. The first-order valence-corrected chi connectivity index (χ1v) is 6.55. The Hall–Kier alpha value is -0.990. The van der Waals surface area contributed by atoms with Crippen LogP contribution < -0.4 is 5.32 Å². The van der Waals surface area contributed by atoms with Crippen molar-refractivity contribution < 1.29 is 0 Å². The minimum atomic E-state index is 0.842. The lowest BCUT2D eigenvalue weighted by Gasteiger charge is -2.09. The molecule has 0 aliphatic rings. The van der Waals surface area contributed by atoms with Gasteiger partial charge in [-0.05, 0) is 30.2 Å². The SMILES string of the molecule is CCc1ccccc1NCc1ccc(Cl)s1. The van der Waals surface area contributed by atoms with E-state index in [1.165, 1.54) is 16.1 Å². The van der Waals surface area contributed by atoms with Crippen LogP contribution in [0.4, 0.5) is 5.69 Å². The van der Waals surface area contributed by atoms with Gasteiger partial charge in [0.15, 0.2) is 0 Å². The van der Waals surface area contributed by atoms with Crippen LogP contribution in [0.1, 0.15) is 17.4 Å². The van der Waals surface area contributed by atoms with Crippen LogP contribution in [0.3, 0.4) is 0 Å². The predicted octanol–water partition coefficient (Wildman–Crippen LogP) is 4.58. The fourth-order valence-electron chi connectivity index (χ4n) is 1.63. The average Bonchev–Trinajstić information content (AvgIpc) is 2.73. The molecule has 0 radical (unpaired) electrons. The van der Waals surface area contributed by atoms with Crippen molar-refractivity contribution in [2.24, 2.45) is 0 Å². The van der Waals surface area contributed by atoms with E-state index < -0.39 is 0 Å². The number of anilines is 1. The van der Waals surface area contributed by atoms with Crippen LogP contribution >= 0.6 is 22.9 Å². The molecule has 16 heavy (non-hydrogen) atoms. The van der Waals surface area contributed by atoms with Gasteiger partial charge in [0.1, 0.15) is 0 Å². The molecule has 0 bridgehead atoms. The maximum Gasteiger partial charge on any atom is 0.0931 e. The van der Waals surface area contributed by atoms with Gasteiger partial charge >= 0.3 is 0 Å². The lowest BCUT2D eigenvalue weighted by Crippen LogP contribution is -2.00. The highest BCUT2D eigenvalue weighted by atomic mass is 35.5. The van der Waals surface area contributed by atoms with Crippen LogP contribution in [0, 0.1) is 0 Å². The standard InChI is InChI=1S/C13H14ClNS/c1-2-10-5-3-4-6-12(10)15-9-11-7-8-13(14)16-11/h3-8,15H,2,9H2,1H3. The van der Waals surface area contributed by atoms with Crippen LogP contribution in [-0.2, 0) is 13.0 Å². The Labute approximate surface area is 105 Å². The van der Waals surface area contributed by atoms with Crippen molar-refractivity contribution in [1.82, 2.24) is 0 Å². The van der Waals surface area contributed by atoms with Crippen molar-refractivity contribution in [3.8, 4) is 0 Å². The fourth-order valence-corrected chi connectivity index (χ4v) is 2.66. The van der Waals surface area contributed by atoms with Crippen LogP contribution in [0.15, 0.2) is 36.4 Å². The first kappa shape index (κ1) is 11.5. The van der Waals surface area contributed by atoms with E-state index in [1.54, 1.807) is 11.3 Å². The number of halogens is 1. The Morgan fingerprint density at radius 3 is 2.69 bits per heavy atom. The van der Waals surface area contributed by atoms with Gasteiger partial charge in [-0.15, -0.1) is 11.3 Å². The van der Waals surface area contributed by atoms with Crippen molar-refractivity contribution in [1.29, 1.82) is 0 Å². The van der Waals surface area contributed by atoms with Crippen LogP contribution in [0.5, 0.6) is 0 Å². The zero-order valence-corrected chi connectivity index (χ0v) is 10.7. The molecule has 0 spiro atoms. The molecule has 0 aliphatic carbocycles. The molecule has 0 saturated heterocycles. The Bertz CT molecular complexity index is 464. The lowest BCUT2D eigenvalue weighted by atomic mass is 10.1. The van der Waals surface area contributed by atoms with E-state index in [4.69, 9.17) is 11.6 Å². The molecule has 3 heteroatoms. The highest BCUT2D eigenvalue weighted by molar-refractivity contribution is 7.16. The van der Waals surface area contributed by atoms with E-state index in [-0.39, 0.29) is 0 Å². The van der Waals surface area contributed by atoms with Gasteiger partial charge in [0.05, 0.1) is 4.34 Å². The van der Waals surface area contributed by atoms with Crippen LogP contribution in [-0.4, -0.2) is 0 Å². The Morgan fingerprint density at radius 1 is 1.19 bits per heavy atom. The molecule has 1 N–H and O–H groups in total. The summed E-state index contributed by atoms with van der Waals surface area (Å²) in [7, 11) is 0. The van der Waals surface area contributed by atoms with Gasteiger partial charge in [0.2, 0.25) is 0 Å². The second-order valence-corrected chi connectivity index (χ2v) is 5.37. The molecule has 1 heterocycles. The number of hydrogen-bond acceptors (Lipinski definition) is 2. The van der Waals surface area contributed by atoms with E-state index in [0.717, 1.165) is 17.3 Å². The van der Waals surface area contributed by atoms with Crippen LogP contribution in [0.2, 0.25) is 4.34 Å². The van der Waals surface area contributed by atoms with E-state index in [1.807, 2.05) is 6.07 Å². The Balaban J connectivity index is 2.04. The third kappa shape index (κ3) is 2.77. The van der Waals surface area contributed by atoms with Crippen LogP contribution in [0.25, 0.3) is 0 Å². The van der Waals surface area contributed by atoms with Gasteiger partial charge in [-0.2, -0.15) is 0 Å². The largest absolute Gasteiger partial charge is 0.380 e. The first-order valence-electron chi connectivity index (χ1n) is 5.35. The van der Waals surface area contributed by atoms with Gasteiger partial charge < -0.3 is 5.32 Å². The molecule has 0 amide bonds. The zero-order chi connectivity index (χ0) is 11.4. The number of para-hydroxylation sites is 1. The Morgan fingerprint density at radius 2 is 2.00 bits per heavy atom. The second kappa shape index (κ2) is 5.37. The number of aryl methyl sites for hydroxylation is 1. The topological polar surface area (TPSA) is 12.0 Å². The van der Waals surface area contributed by atoms with E-state index in [0.29, 0.717) is 0 Å². The summed E-state index contributed by atoms with van der Waals surface area (Å²) in [4.78, 5) is 1.26. The highest BCUT2D eigenvalue weighted by Gasteiger charge is 2.01. The molecular formula is C13H14ClNS. The van der Waals surface area contributed by atoms with Gasteiger partial charge in [-0.3, -0.25) is 0 Å². The summed E-state index contributed by atoms with van der Waals surface area (Å²) in [5, 5.41) is 3.45. The lowest BCUT2D eigenvalue weighted by molar-refractivity contribution is 1.11. The molecule has 1 aromatic carbocycles. The molecule has 0 saturated carbocycles. The summed E-state index contributed by atoms with van der Waals surface area (Å²) in [6.07, 6.45) is 1.05. The van der Waals surface area contributed by atoms with E-state index >= 15 is 0 Å². The summed E-state index contributed by atoms with van der Waals surface area (Å²) in [6.45, 7) is 3.01. The molecule has 0 fully saturated rings. The number of benzene rings is 1. The van der Waals surface area contributed by atoms with Crippen molar-refractivity contribution in [3.63, 3.8) is 0 Å². The summed E-state index contributed by atoms with van der Waals surface area (Å²) in [6, 6.07) is 12.4. The quantitative estimate of drug-likeness (QED) is 0.839. The predicted molar refractivity (Wildman–Crippen MR) is 72.5 cm³/mol. The summed E-state index contributed by atoms with van der Waals surface area (Å²) in [5.74, 6) is 0. The molecule has 0 atom stereocenters. The van der Waals surface area contributed by atoms with E-state index in [2.05, 4.69) is 42.6 Å². The summed E-state index contributed by atoms with van der Waals surface area (Å²) < 4.78 is 0.848. The normalized spacial score (nSPS) is 10.4. The van der Waals surface area contributed by atoms with Gasteiger partial charge in [-0.25, -0.2) is 0 Å². The third-order valence-corrected chi connectivity index (χ3v) is 3.71. The van der Waals surface area contributed by atoms with Crippen molar-refractivity contribution in [2.75, 3.05) is 5.32 Å². The number of hydrogen-bond donors (Lipinski definition) is 1. The number of rotatable bonds is 4. The Kier molecular flexibility index (Phi) is 3.86. The molecule has 2 rings (SSSR count). The molecular weight excluding hydrogens is 238 g/mol. The van der Waals surface area contributed by atoms with Gasteiger partial charge in [0.25, 0.3) is 0 Å². The number of thiophene rings is 1. The molecule has 2 aromatic rings. The minimum Gasteiger partial charge on any atom is -0.380 e. The first-order chi connectivity index (χ1) is 7.79. The van der Waals surface area contributed by atoms with Crippen molar-refractivity contribution in [3.05, 3.63) is 51.2 Å². The smallest absolute Gasteiger partial charge is 0.0931 e. The maximum absolute atomic E-state index is 5.89. The molecule has 1 aromatic heterocycles. The maximum atomic E-state index is 5.89. The molecule has 1 nitrogen and oxygen atoms in total. The summed E-state index contributed by atoms with van der Waals surface area (Å²) in [5.41, 5.74) is 2.57. The number of nitrogens with one attached hydrogen (secondary N) is 1. The van der Waals surface area contributed by atoms with E-state index in [9.17, 15) is 0 Å². The summed E-state index contributed by atoms with van der Waals surface area (Å²) >= 11 is 7.51. The highest BCUT2D eigenvalue weighted by Crippen LogP contribution is 2.23. The fraction of sp³-hybridized carbons (Fsp3) is 0.231. The van der Waals surface area contributed by atoms with Gasteiger partial charge in [-0.1, -0.05) is 36.7 Å². The third-order valence-electron chi connectivity index (χ3n) is 2.48. The molecule has 0 unspecified atom stereocenters. The molecule has 0 aliphatic heterocycles. The van der Waals surface area contributed by atoms with Crippen molar-refractivity contribution in [2.45, 2.75) is 19.9 Å².